The van der Waals surface area contributed by atoms with Crippen molar-refractivity contribution in [1.82, 2.24) is 9.78 Å². The molecular formula is C24H23N3O4. The van der Waals surface area contributed by atoms with Crippen molar-refractivity contribution in [3.05, 3.63) is 70.5 Å². The first-order chi connectivity index (χ1) is 14.9. The van der Waals surface area contributed by atoms with Gasteiger partial charge in [0, 0.05) is 23.4 Å². The summed E-state index contributed by atoms with van der Waals surface area (Å²) in [6.07, 6.45) is 0.789. The number of nitrogens with zero attached hydrogens (tertiary/aromatic N) is 3. The second-order valence-corrected chi connectivity index (χ2v) is 8.45. The van der Waals surface area contributed by atoms with Crippen molar-refractivity contribution in [3.8, 4) is 22.8 Å². The van der Waals surface area contributed by atoms with Crippen LogP contribution < -0.4 is 19.9 Å². The van der Waals surface area contributed by atoms with Crippen LogP contribution in [0.25, 0.3) is 11.3 Å². The lowest BCUT2D eigenvalue weighted by Gasteiger charge is -2.33. The number of aromatic nitrogens is 2. The topological polar surface area (TPSA) is 73.7 Å². The monoisotopic (exact) mass is 417 g/mol. The van der Waals surface area contributed by atoms with Crippen LogP contribution in [0.1, 0.15) is 26.3 Å². The van der Waals surface area contributed by atoms with Crippen LogP contribution in [0.3, 0.4) is 0 Å². The van der Waals surface area contributed by atoms with Crippen LogP contribution in [0, 0.1) is 0 Å². The fraction of sp³-hybridized carbons (Fsp3) is 0.292. The Hall–Kier alpha value is -3.61. The largest absolute Gasteiger partial charge is 0.454 e. The van der Waals surface area contributed by atoms with E-state index >= 15 is 0 Å². The number of benzene rings is 2. The van der Waals surface area contributed by atoms with Gasteiger partial charge in [0.2, 0.25) is 6.79 Å². The lowest BCUT2D eigenvalue weighted by atomic mass is 10.0. The molecule has 3 heterocycles. The molecule has 5 rings (SSSR count). The maximum atomic E-state index is 13.7. The molecule has 2 aromatic carbocycles. The van der Waals surface area contributed by atoms with Gasteiger partial charge >= 0.3 is 0 Å². The Kier molecular flexibility index (Phi) is 4.36. The Bertz CT molecular complexity index is 1250. The molecule has 0 aliphatic carbocycles. The van der Waals surface area contributed by atoms with E-state index in [9.17, 15) is 9.59 Å². The van der Waals surface area contributed by atoms with Gasteiger partial charge in [-0.15, -0.1) is 0 Å². The molecule has 1 amide bonds. The van der Waals surface area contributed by atoms with Gasteiger partial charge in [-0.3, -0.25) is 9.59 Å². The fourth-order valence-electron chi connectivity index (χ4n) is 4.28. The van der Waals surface area contributed by atoms with Crippen LogP contribution in [0.15, 0.2) is 59.4 Å². The van der Waals surface area contributed by atoms with Crippen LogP contribution in [-0.2, 0) is 16.8 Å². The van der Waals surface area contributed by atoms with Crippen molar-refractivity contribution < 1.29 is 14.3 Å². The van der Waals surface area contributed by atoms with E-state index in [1.54, 1.807) is 24.8 Å². The SMILES string of the molecule is CC1Cc2ccccc2N1C(=O)C(C)(C)n1nc(-c2ccc3c(c2)OCO3)ccc1=O. The Balaban J connectivity index is 1.54. The molecule has 0 saturated heterocycles. The smallest absolute Gasteiger partial charge is 0.267 e. The Morgan fingerprint density at radius 2 is 1.84 bits per heavy atom. The predicted octanol–water partition coefficient (Wildman–Crippen LogP) is 3.35. The number of fused-ring (bicyclic) bond motifs is 2. The summed E-state index contributed by atoms with van der Waals surface area (Å²) in [4.78, 5) is 28.2. The highest BCUT2D eigenvalue weighted by molar-refractivity contribution is 6.00. The molecule has 7 heteroatoms. The van der Waals surface area contributed by atoms with Gasteiger partial charge in [0.25, 0.3) is 11.5 Å². The normalized spacial score (nSPS) is 17.0. The van der Waals surface area contributed by atoms with Crippen LogP contribution in [-0.4, -0.2) is 28.5 Å². The van der Waals surface area contributed by atoms with E-state index < -0.39 is 5.54 Å². The van der Waals surface area contributed by atoms with Gasteiger partial charge in [0.1, 0.15) is 5.54 Å². The average molecular weight is 417 g/mol. The standard InChI is InChI=1S/C24H23N3O4/c1-15-12-17-6-4-5-7-19(17)26(15)23(29)24(2,3)27-22(28)11-9-18(25-27)16-8-10-20-21(13-16)31-14-30-20/h4-11,13,15H,12,14H2,1-3H3. The maximum Gasteiger partial charge on any atom is 0.267 e. The van der Waals surface area contributed by atoms with E-state index in [4.69, 9.17) is 9.47 Å². The first kappa shape index (κ1) is 19.4. The fourth-order valence-corrected chi connectivity index (χ4v) is 4.28. The number of ether oxygens (including phenoxy) is 2. The summed E-state index contributed by atoms with van der Waals surface area (Å²) in [5.41, 5.74) is 1.88. The van der Waals surface area contributed by atoms with Gasteiger partial charge in [-0.25, -0.2) is 4.68 Å². The summed E-state index contributed by atoms with van der Waals surface area (Å²) < 4.78 is 12.1. The van der Waals surface area contributed by atoms with Crippen molar-refractivity contribution in [2.45, 2.75) is 38.8 Å². The molecule has 158 valence electrons. The summed E-state index contributed by atoms with van der Waals surface area (Å²) in [7, 11) is 0. The molecule has 2 aliphatic rings. The predicted molar refractivity (Wildman–Crippen MR) is 116 cm³/mol. The average Bonchev–Trinajstić information content (AvgIpc) is 3.36. The van der Waals surface area contributed by atoms with Gasteiger partial charge in [0.05, 0.1) is 5.69 Å². The minimum atomic E-state index is -1.17. The van der Waals surface area contributed by atoms with Crippen LogP contribution in [0.2, 0.25) is 0 Å². The van der Waals surface area contributed by atoms with Gasteiger partial charge in [-0.2, -0.15) is 5.10 Å². The molecule has 2 aliphatic heterocycles. The van der Waals surface area contributed by atoms with Crippen LogP contribution in [0.4, 0.5) is 5.69 Å². The molecule has 1 unspecified atom stereocenters. The van der Waals surface area contributed by atoms with Crippen LogP contribution in [0.5, 0.6) is 11.5 Å². The molecule has 1 aromatic heterocycles. The molecule has 1 atom stereocenters. The Morgan fingerprint density at radius 3 is 2.68 bits per heavy atom. The third-order valence-electron chi connectivity index (χ3n) is 5.95. The van der Waals surface area contributed by atoms with E-state index in [-0.39, 0.29) is 24.3 Å². The Morgan fingerprint density at radius 1 is 1.06 bits per heavy atom. The highest BCUT2D eigenvalue weighted by Crippen LogP contribution is 2.36. The summed E-state index contributed by atoms with van der Waals surface area (Å²) >= 11 is 0. The molecule has 0 bridgehead atoms. The number of amides is 1. The van der Waals surface area contributed by atoms with Gasteiger partial charge in [0.15, 0.2) is 11.5 Å². The summed E-state index contributed by atoms with van der Waals surface area (Å²) in [5, 5.41) is 4.57. The summed E-state index contributed by atoms with van der Waals surface area (Å²) in [6, 6.07) is 16.5. The molecular weight excluding hydrogens is 394 g/mol. The van der Waals surface area contributed by atoms with Crippen molar-refractivity contribution in [2.24, 2.45) is 0 Å². The zero-order valence-corrected chi connectivity index (χ0v) is 17.7. The van der Waals surface area contributed by atoms with Crippen molar-refractivity contribution in [3.63, 3.8) is 0 Å². The molecule has 0 fully saturated rings. The van der Waals surface area contributed by atoms with Crippen molar-refractivity contribution >= 4 is 11.6 Å². The number of rotatable bonds is 3. The first-order valence-corrected chi connectivity index (χ1v) is 10.3. The number of anilines is 1. The van der Waals surface area contributed by atoms with E-state index in [1.807, 2.05) is 49.4 Å². The van der Waals surface area contributed by atoms with E-state index in [2.05, 4.69) is 5.10 Å². The number of carbonyl (C=O) groups excluding carboxylic acids is 1. The van der Waals surface area contributed by atoms with E-state index in [1.165, 1.54) is 10.7 Å². The minimum Gasteiger partial charge on any atom is -0.454 e. The molecule has 31 heavy (non-hydrogen) atoms. The van der Waals surface area contributed by atoms with Crippen molar-refractivity contribution in [1.29, 1.82) is 0 Å². The number of hydrogen-bond donors (Lipinski definition) is 0. The highest BCUT2D eigenvalue weighted by atomic mass is 16.7. The summed E-state index contributed by atoms with van der Waals surface area (Å²) in [5.74, 6) is 1.14. The Labute approximate surface area is 179 Å². The molecule has 3 aromatic rings. The lowest BCUT2D eigenvalue weighted by Crippen LogP contribution is -2.53. The quantitative estimate of drug-likeness (QED) is 0.653. The number of hydrogen-bond acceptors (Lipinski definition) is 5. The zero-order valence-electron chi connectivity index (χ0n) is 17.7. The second-order valence-electron chi connectivity index (χ2n) is 8.45. The second kappa shape index (κ2) is 6.97. The molecule has 7 nitrogen and oxygen atoms in total. The molecule has 0 saturated carbocycles. The van der Waals surface area contributed by atoms with Crippen LogP contribution >= 0.6 is 0 Å². The molecule has 0 spiro atoms. The number of carbonyl (C=O) groups is 1. The third-order valence-corrected chi connectivity index (χ3v) is 5.95. The third kappa shape index (κ3) is 3.08. The number of para-hydroxylation sites is 1. The van der Waals surface area contributed by atoms with Gasteiger partial charge in [-0.05, 0) is 63.1 Å². The maximum absolute atomic E-state index is 13.7. The first-order valence-electron chi connectivity index (χ1n) is 10.3. The molecule has 0 N–H and O–H groups in total. The minimum absolute atomic E-state index is 0.0110. The van der Waals surface area contributed by atoms with Gasteiger partial charge < -0.3 is 14.4 Å². The van der Waals surface area contributed by atoms with Gasteiger partial charge in [-0.1, -0.05) is 18.2 Å². The molecule has 0 radical (unpaired) electrons. The lowest BCUT2D eigenvalue weighted by molar-refractivity contribution is -0.126. The zero-order chi connectivity index (χ0) is 21.8. The highest BCUT2D eigenvalue weighted by Gasteiger charge is 2.41. The van der Waals surface area contributed by atoms with Crippen molar-refractivity contribution in [2.75, 3.05) is 11.7 Å². The van der Waals surface area contributed by atoms with E-state index in [0.29, 0.717) is 17.2 Å². The summed E-state index contributed by atoms with van der Waals surface area (Å²) in [6.45, 7) is 5.68. The van der Waals surface area contributed by atoms with E-state index in [0.717, 1.165) is 23.2 Å².